The highest BCUT2D eigenvalue weighted by Crippen LogP contribution is 2.32. The fourth-order valence-electron chi connectivity index (χ4n) is 1.99. The lowest BCUT2D eigenvalue weighted by molar-refractivity contribution is -0.166. The van der Waals surface area contributed by atoms with Crippen LogP contribution in [0, 0.1) is 11.8 Å². The molecule has 1 aliphatic rings. The van der Waals surface area contributed by atoms with E-state index in [1.54, 1.807) is 0 Å². The van der Waals surface area contributed by atoms with Gasteiger partial charge in [-0.25, -0.2) is 0 Å². The van der Waals surface area contributed by atoms with Crippen LogP contribution in [0.5, 0.6) is 0 Å². The third-order valence-electron chi connectivity index (χ3n) is 2.93. The molecule has 0 aliphatic heterocycles. The van der Waals surface area contributed by atoms with Gasteiger partial charge in [0.1, 0.15) is 0 Å². The number of carbonyl (C=O) groups excluding carboxylic acids is 2. The molecular weight excluding hydrogens is 216 g/mol. The summed E-state index contributed by atoms with van der Waals surface area (Å²) in [4.78, 5) is 22.9. The molecule has 0 spiro atoms. The highest BCUT2D eigenvalue weighted by molar-refractivity contribution is 5.82. The summed E-state index contributed by atoms with van der Waals surface area (Å²) in [7, 11) is 2.43. The van der Waals surface area contributed by atoms with Crippen LogP contribution in [-0.4, -0.2) is 48.6 Å². The van der Waals surface area contributed by atoms with Gasteiger partial charge in [0.25, 0.3) is 0 Å². The number of aliphatic hydroxyl groups is 2. The van der Waals surface area contributed by atoms with Crippen LogP contribution in [0.15, 0.2) is 0 Å². The second kappa shape index (κ2) is 5.27. The van der Waals surface area contributed by atoms with Gasteiger partial charge in [0, 0.05) is 0 Å². The van der Waals surface area contributed by atoms with Crippen LogP contribution in [-0.2, 0) is 19.1 Å². The first-order chi connectivity index (χ1) is 7.51. The van der Waals surface area contributed by atoms with E-state index in [0.717, 1.165) is 0 Å². The summed E-state index contributed by atoms with van der Waals surface area (Å²) in [5.41, 5.74) is 0. The van der Waals surface area contributed by atoms with E-state index >= 15 is 0 Å². The van der Waals surface area contributed by atoms with Gasteiger partial charge in [-0.15, -0.1) is 0 Å². The van der Waals surface area contributed by atoms with Gasteiger partial charge < -0.3 is 19.7 Å². The molecule has 2 N–H and O–H groups in total. The predicted octanol–water partition coefficient (Wildman–Crippen LogP) is -0.920. The Hall–Kier alpha value is -1.14. The van der Waals surface area contributed by atoms with E-state index in [2.05, 4.69) is 9.47 Å². The first-order valence-electron chi connectivity index (χ1n) is 5.03. The Morgan fingerprint density at radius 2 is 1.25 bits per heavy atom. The minimum atomic E-state index is -1.01. The van der Waals surface area contributed by atoms with Crippen molar-refractivity contribution in [2.45, 2.75) is 25.0 Å². The molecule has 16 heavy (non-hydrogen) atoms. The minimum absolute atomic E-state index is 0.00755. The van der Waals surface area contributed by atoms with Crippen LogP contribution in [0.3, 0.4) is 0 Å². The summed E-state index contributed by atoms with van der Waals surface area (Å²) in [5, 5.41) is 18.9. The molecule has 0 amide bonds. The number of methoxy groups -OCH3 is 2. The zero-order valence-electron chi connectivity index (χ0n) is 9.25. The lowest BCUT2D eigenvalue weighted by Gasteiger charge is -2.33. The number of ether oxygens (including phenoxy) is 2. The Kier molecular flexibility index (Phi) is 4.26. The second-order valence-corrected chi connectivity index (χ2v) is 3.87. The van der Waals surface area contributed by atoms with Crippen LogP contribution < -0.4 is 0 Å². The molecule has 1 saturated carbocycles. The Bertz CT molecular complexity index is 248. The van der Waals surface area contributed by atoms with E-state index < -0.39 is 36.0 Å². The standard InChI is InChI=1S/C10H16O6/c1-15-9(13)5-3-7(11)8(12)4-6(5)10(14)16-2/h5-8,11-12H,3-4H2,1-2H3/t5-,6+,7-,8-/m0/s1. The van der Waals surface area contributed by atoms with Gasteiger partial charge in [-0.05, 0) is 12.8 Å². The Labute approximate surface area is 93.2 Å². The van der Waals surface area contributed by atoms with Gasteiger partial charge in [-0.2, -0.15) is 0 Å². The van der Waals surface area contributed by atoms with Crippen molar-refractivity contribution in [3.05, 3.63) is 0 Å². The maximum absolute atomic E-state index is 11.4. The summed E-state index contributed by atoms with van der Waals surface area (Å²) < 4.78 is 9.12. The van der Waals surface area contributed by atoms with Crippen LogP contribution in [0.4, 0.5) is 0 Å². The van der Waals surface area contributed by atoms with Gasteiger partial charge in [-0.1, -0.05) is 0 Å². The lowest BCUT2D eigenvalue weighted by Crippen LogP contribution is -2.45. The molecule has 1 fully saturated rings. The smallest absolute Gasteiger partial charge is 0.309 e. The highest BCUT2D eigenvalue weighted by Gasteiger charge is 2.44. The van der Waals surface area contributed by atoms with Crippen LogP contribution in [0.25, 0.3) is 0 Å². The van der Waals surface area contributed by atoms with Crippen molar-refractivity contribution in [1.82, 2.24) is 0 Å². The Balaban J connectivity index is 2.83. The quantitative estimate of drug-likeness (QED) is 0.598. The Morgan fingerprint density at radius 1 is 0.938 bits per heavy atom. The van der Waals surface area contributed by atoms with Crippen LogP contribution in [0.1, 0.15) is 12.8 Å². The van der Waals surface area contributed by atoms with Gasteiger partial charge in [0.2, 0.25) is 0 Å². The SMILES string of the molecule is COC(=O)[C@H]1C[C@H](O)[C@@H](O)C[C@H]1C(=O)OC. The third-order valence-corrected chi connectivity index (χ3v) is 2.93. The zero-order valence-corrected chi connectivity index (χ0v) is 9.25. The number of rotatable bonds is 2. The largest absolute Gasteiger partial charge is 0.469 e. The van der Waals surface area contributed by atoms with Crippen molar-refractivity contribution >= 4 is 11.9 Å². The molecule has 0 heterocycles. The van der Waals surface area contributed by atoms with Crippen LogP contribution >= 0.6 is 0 Å². The third kappa shape index (κ3) is 2.51. The molecule has 0 aromatic carbocycles. The maximum Gasteiger partial charge on any atom is 0.309 e. The molecule has 0 aromatic heterocycles. The second-order valence-electron chi connectivity index (χ2n) is 3.87. The summed E-state index contributed by atoms with van der Waals surface area (Å²) in [6.07, 6.45) is -2.00. The van der Waals surface area contributed by atoms with Gasteiger partial charge in [0.15, 0.2) is 0 Å². The van der Waals surface area contributed by atoms with E-state index in [9.17, 15) is 19.8 Å². The number of hydrogen-bond donors (Lipinski definition) is 2. The normalized spacial score (nSPS) is 34.2. The lowest BCUT2D eigenvalue weighted by atomic mass is 9.76. The molecule has 92 valence electrons. The first kappa shape index (κ1) is 12.9. The minimum Gasteiger partial charge on any atom is -0.469 e. The molecular formula is C10H16O6. The van der Waals surface area contributed by atoms with Crippen molar-refractivity contribution in [2.75, 3.05) is 14.2 Å². The molecule has 6 nitrogen and oxygen atoms in total. The molecule has 1 rings (SSSR count). The fourth-order valence-corrected chi connectivity index (χ4v) is 1.99. The van der Waals surface area contributed by atoms with E-state index in [1.165, 1.54) is 14.2 Å². The fraction of sp³-hybridized carbons (Fsp3) is 0.800. The van der Waals surface area contributed by atoms with Crippen molar-refractivity contribution in [3.63, 3.8) is 0 Å². The highest BCUT2D eigenvalue weighted by atomic mass is 16.5. The van der Waals surface area contributed by atoms with E-state index in [4.69, 9.17) is 0 Å². The zero-order chi connectivity index (χ0) is 12.3. The molecule has 0 radical (unpaired) electrons. The maximum atomic E-state index is 11.4. The van der Waals surface area contributed by atoms with Crippen LogP contribution in [0.2, 0.25) is 0 Å². The first-order valence-corrected chi connectivity index (χ1v) is 5.03. The molecule has 1 aliphatic carbocycles. The summed E-state index contributed by atoms with van der Waals surface area (Å²) >= 11 is 0. The van der Waals surface area contributed by atoms with E-state index in [0.29, 0.717) is 0 Å². The average Bonchev–Trinajstić information content (AvgIpc) is 2.30. The number of esters is 2. The molecule has 0 aromatic rings. The van der Waals surface area contributed by atoms with Crippen molar-refractivity contribution in [1.29, 1.82) is 0 Å². The summed E-state index contributed by atoms with van der Waals surface area (Å²) in [6, 6.07) is 0. The monoisotopic (exact) mass is 232 g/mol. The van der Waals surface area contributed by atoms with E-state index in [1.807, 2.05) is 0 Å². The van der Waals surface area contributed by atoms with Crippen molar-refractivity contribution in [2.24, 2.45) is 11.8 Å². The van der Waals surface area contributed by atoms with E-state index in [-0.39, 0.29) is 12.8 Å². The number of aliphatic hydroxyl groups excluding tert-OH is 2. The summed E-state index contributed by atoms with van der Waals surface area (Å²) in [5.74, 6) is -2.64. The predicted molar refractivity (Wildman–Crippen MR) is 52.3 cm³/mol. The van der Waals surface area contributed by atoms with Crippen molar-refractivity contribution < 1.29 is 29.3 Å². The molecule has 0 saturated heterocycles. The van der Waals surface area contributed by atoms with Gasteiger partial charge in [0.05, 0.1) is 38.3 Å². The van der Waals surface area contributed by atoms with Gasteiger partial charge >= 0.3 is 11.9 Å². The topological polar surface area (TPSA) is 93.1 Å². The summed E-state index contributed by atoms with van der Waals surface area (Å²) in [6.45, 7) is 0. The average molecular weight is 232 g/mol. The Morgan fingerprint density at radius 3 is 1.50 bits per heavy atom. The molecule has 6 heteroatoms. The molecule has 0 bridgehead atoms. The number of hydrogen-bond acceptors (Lipinski definition) is 6. The van der Waals surface area contributed by atoms with Crippen molar-refractivity contribution in [3.8, 4) is 0 Å². The number of carbonyl (C=O) groups is 2. The van der Waals surface area contributed by atoms with Gasteiger partial charge in [-0.3, -0.25) is 9.59 Å². The molecule has 0 unspecified atom stereocenters. The molecule has 4 atom stereocenters.